The second-order valence-electron chi connectivity index (χ2n) is 5.56. The average Bonchev–Trinajstić information content (AvgIpc) is 2.46. The molecule has 0 aromatic carbocycles. The van der Waals surface area contributed by atoms with Crippen LogP contribution >= 0.6 is 0 Å². The number of urea groups is 1. The van der Waals surface area contributed by atoms with Crippen molar-refractivity contribution >= 4 is 22.0 Å². The maximum atomic E-state index is 12.4. The predicted octanol–water partition coefficient (Wildman–Crippen LogP) is -0.520. The minimum absolute atomic E-state index is 0.186. The average molecular weight is 319 g/mol. The van der Waals surface area contributed by atoms with Gasteiger partial charge in [0.25, 0.3) is 0 Å². The van der Waals surface area contributed by atoms with Gasteiger partial charge in [0.2, 0.25) is 10.0 Å². The number of carbonyl (C=O) groups is 2. The van der Waals surface area contributed by atoms with Gasteiger partial charge < -0.3 is 14.9 Å². The molecule has 2 rings (SSSR count). The molecular formula is C12H21N3O5S. The molecule has 9 heteroatoms. The number of carboxylic acid groups (broad SMARTS) is 1. The van der Waals surface area contributed by atoms with Crippen molar-refractivity contribution in [3.63, 3.8) is 0 Å². The minimum atomic E-state index is -3.22. The van der Waals surface area contributed by atoms with E-state index in [1.807, 2.05) is 0 Å². The monoisotopic (exact) mass is 319 g/mol. The van der Waals surface area contributed by atoms with Gasteiger partial charge in [-0.25, -0.2) is 13.2 Å². The molecule has 0 saturated carbocycles. The van der Waals surface area contributed by atoms with Crippen LogP contribution < -0.4 is 0 Å². The van der Waals surface area contributed by atoms with Crippen LogP contribution in [0.1, 0.15) is 12.8 Å². The number of sulfonamides is 1. The summed E-state index contributed by atoms with van der Waals surface area (Å²) in [5.74, 6) is -1.37. The van der Waals surface area contributed by atoms with Gasteiger partial charge in [0, 0.05) is 39.3 Å². The molecule has 0 aliphatic carbocycles. The molecule has 2 aliphatic rings. The van der Waals surface area contributed by atoms with Crippen LogP contribution in [0, 0.1) is 5.92 Å². The van der Waals surface area contributed by atoms with Crippen molar-refractivity contribution in [2.24, 2.45) is 5.92 Å². The zero-order valence-corrected chi connectivity index (χ0v) is 12.9. The van der Waals surface area contributed by atoms with E-state index in [0.717, 1.165) is 6.26 Å². The number of carbonyl (C=O) groups excluding carboxylic acids is 1. The number of piperazine rings is 1. The Morgan fingerprint density at radius 2 is 1.67 bits per heavy atom. The van der Waals surface area contributed by atoms with Gasteiger partial charge in [-0.1, -0.05) is 0 Å². The number of piperidine rings is 1. The van der Waals surface area contributed by atoms with E-state index >= 15 is 0 Å². The zero-order chi connectivity index (χ0) is 15.6. The zero-order valence-electron chi connectivity index (χ0n) is 12.1. The van der Waals surface area contributed by atoms with Gasteiger partial charge >= 0.3 is 12.0 Å². The Kier molecular flexibility index (Phi) is 4.72. The van der Waals surface area contributed by atoms with E-state index < -0.39 is 21.9 Å². The maximum absolute atomic E-state index is 12.4. The Bertz CT molecular complexity index is 513. The fourth-order valence-electron chi connectivity index (χ4n) is 2.76. The maximum Gasteiger partial charge on any atom is 0.320 e. The molecule has 2 saturated heterocycles. The minimum Gasteiger partial charge on any atom is -0.481 e. The van der Waals surface area contributed by atoms with Gasteiger partial charge in [0.15, 0.2) is 0 Å². The Morgan fingerprint density at radius 1 is 1.05 bits per heavy atom. The molecule has 2 fully saturated rings. The fourth-order valence-corrected chi connectivity index (χ4v) is 3.59. The van der Waals surface area contributed by atoms with Crippen LogP contribution in [0.2, 0.25) is 0 Å². The fraction of sp³-hybridized carbons (Fsp3) is 0.833. The first-order valence-electron chi connectivity index (χ1n) is 7.01. The molecule has 0 aromatic heterocycles. The Morgan fingerprint density at radius 3 is 2.19 bits per heavy atom. The quantitative estimate of drug-likeness (QED) is 0.738. The first kappa shape index (κ1) is 16.0. The SMILES string of the molecule is CS(=O)(=O)N1CCN(C(=O)N2CCC[C@H](C(=O)O)C2)CC1. The third-order valence-corrected chi connectivity index (χ3v) is 5.32. The highest BCUT2D eigenvalue weighted by atomic mass is 32.2. The molecule has 1 N–H and O–H groups in total. The summed E-state index contributed by atoms with van der Waals surface area (Å²) < 4.78 is 24.2. The van der Waals surface area contributed by atoms with Gasteiger partial charge in [-0.3, -0.25) is 4.79 Å². The lowest BCUT2D eigenvalue weighted by atomic mass is 9.98. The van der Waals surface area contributed by atoms with E-state index in [1.165, 1.54) is 4.31 Å². The highest BCUT2D eigenvalue weighted by Gasteiger charge is 2.32. The molecule has 1 atom stereocenters. The number of hydrogen-bond acceptors (Lipinski definition) is 4. The lowest BCUT2D eigenvalue weighted by molar-refractivity contribution is -0.143. The van der Waals surface area contributed by atoms with Crippen LogP contribution in [-0.2, 0) is 14.8 Å². The number of nitrogens with zero attached hydrogens (tertiary/aromatic N) is 3. The Hall–Kier alpha value is -1.35. The highest BCUT2D eigenvalue weighted by molar-refractivity contribution is 7.88. The first-order valence-corrected chi connectivity index (χ1v) is 8.85. The standard InChI is InChI=1S/C12H21N3O5S/c1-21(19,20)15-7-5-13(6-8-15)12(18)14-4-2-3-10(9-14)11(16)17/h10H,2-9H2,1H3,(H,16,17)/t10-/m0/s1. The predicted molar refractivity (Wildman–Crippen MR) is 75.3 cm³/mol. The van der Waals surface area contributed by atoms with Crippen molar-refractivity contribution in [1.82, 2.24) is 14.1 Å². The molecule has 8 nitrogen and oxygen atoms in total. The normalized spacial score (nSPS) is 24.9. The summed E-state index contributed by atoms with van der Waals surface area (Å²) in [6, 6.07) is -0.186. The first-order chi connectivity index (χ1) is 9.79. The molecule has 0 aromatic rings. The summed E-state index contributed by atoms with van der Waals surface area (Å²) in [6.45, 7) is 2.08. The van der Waals surface area contributed by atoms with E-state index in [9.17, 15) is 18.0 Å². The molecule has 21 heavy (non-hydrogen) atoms. The van der Waals surface area contributed by atoms with Gasteiger partial charge in [-0.05, 0) is 12.8 Å². The van der Waals surface area contributed by atoms with Crippen LogP contribution in [0.25, 0.3) is 0 Å². The summed E-state index contributed by atoms with van der Waals surface area (Å²) in [7, 11) is -3.22. The second-order valence-corrected chi connectivity index (χ2v) is 7.54. The van der Waals surface area contributed by atoms with E-state index in [0.29, 0.717) is 45.6 Å². The summed E-state index contributed by atoms with van der Waals surface area (Å²) in [6.07, 6.45) is 2.44. The van der Waals surface area contributed by atoms with Crippen molar-refractivity contribution in [3.8, 4) is 0 Å². The highest BCUT2D eigenvalue weighted by Crippen LogP contribution is 2.19. The topological polar surface area (TPSA) is 98.2 Å². The van der Waals surface area contributed by atoms with Crippen molar-refractivity contribution in [2.45, 2.75) is 12.8 Å². The van der Waals surface area contributed by atoms with Gasteiger partial charge in [-0.2, -0.15) is 4.31 Å². The van der Waals surface area contributed by atoms with Crippen molar-refractivity contribution in [3.05, 3.63) is 0 Å². The summed E-state index contributed by atoms with van der Waals surface area (Å²) in [4.78, 5) is 26.6. The smallest absolute Gasteiger partial charge is 0.320 e. The van der Waals surface area contributed by atoms with E-state index in [2.05, 4.69) is 0 Å². The molecule has 2 heterocycles. The largest absolute Gasteiger partial charge is 0.481 e. The van der Waals surface area contributed by atoms with Crippen molar-refractivity contribution in [1.29, 1.82) is 0 Å². The third kappa shape index (κ3) is 3.85. The summed E-state index contributed by atoms with van der Waals surface area (Å²) >= 11 is 0. The van der Waals surface area contributed by atoms with Crippen LogP contribution in [0.15, 0.2) is 0 Å². The number of amides is 2. The van der Waals surface area contributed by atoms with Crippen LogP contribution in [0.4, 0.5) is 4.79 Å². The van der Waals surface area contributed by atoms with Crippen LogP contribution in [0.3, 0.4) is 0 Å². The number of hydrogen-bond donors (Lipinski definition) is 1. The van der Waals surface area contributed by atoms with Gasteiger partial charge in [-0.15, -0.1) is 0 Å². The molecule has 0 unspecified atom stereocenters. The molecule has 0 bridgehead atoms. The summed E-state index contributed by atoms with van der Waals surface area (Å²) in [5, 5.41) is 9.05. The van der Waals surface area contributed by atoms with E-state index in [-0.39, 0.29) is 12.6 Å². The Labute approximate surface area is 124 Å². The number of carboxylic acids is 1. The van der Waals surface area contributed by atoms with E-state index in [1.54, 1.807) is 9.80 Å². The number of likely N-dealkylation sites (tertiary alicyclic amines) is 1. The Balaban J connectivity index is 1.91. The van der Waals surface area contributed by atoms with Crippen LogP contribution in [-0.4, -0.2) is 85.2 Å². The lowest BCUT2D eigenvalue weighted by Gasteiger charge is -2.38. The summed E-state index contributed by atoms with van der Waals surface area (Å²) in [5.41, 5.74) is 0. The molecule has 0 spiro atoms. The third-order valence-electron chi connectivity index (χ3n) is 4.02. The van der Waals surface area contributed by atoms with Crippen molar-refractivity contribution in [2.75, 3.05) is 45.5 Å². The number of rotatable bonds is 2. The molecule has 2 amide bonds. The van der Waals surface area contributed by atoms with Crippen LogP contribution in [0.5, 0.6) is 0 Å². The van der Waals surface area contributed by atoms with E-state index in [4.69, 9.17) is 5.11 Å². The molecule has 120 valence electrons. The number of aliphatic carboxylic acids is 1. The molecular weight excluding hydrogens is 298 g/mol. The lowest BCUT2D eigenvalue weighted by Crippen LogP contribution is -2.55. The molecule has 0 radical (unpaired) electrons. The van der Waals surface area contributed by atoms with Crippen molar-refractivity contribution < 1.29 is 23.1 Å². The van der Waals surface area contributed by atoms with Gasteiger partial charge in [0.1, 0.15) is 0 Å². The molecule has 2 aliphatic heterocycles. The second kappa shape index (κ2) is 6.18. The van der Waals surface area contributed by atoms with Gasteiger partial charge in [0.05, 0.1) is 12.2 Å².